The van der Waals surface area contributed by atoms with E-state index >= 15 is 0 Å². The van der Waals surface area contributed by atoms with Crippen LogP contribution >= 0.6 is 0 Å². The molecule has 1 aromatic rings. The zero-order chi connectivity index (χ0) is 11.5. The van der Waals surface area contributed by atoms with Crippen molar-refractivity contribution in [1.29, 1.82) is 0 Å². The van der Waals surface area contributed by atoms with Crippen LogP contribution in [0.15, 0.2) is 18.3 Å². The molecule has 0 atom stereocenters. The standard InChI is InChI=1S/C11H18N2O2/c1-11(2,10(14)15-4)13(3)8-9-6-5-7-12-9/h5-7,12H,8H2,1-4H3. The average molecular weight is 210 g/mol. The number of hydrogen-bond acceptors (Lipinski definition) is 3. The molecule has 1 heterocycles. The zero-order valence-corrected chi connectivity index (χ0v) is 9.70. The predicted molar refractivity (Wildman–Crippen MR) is 58.4 cm³/mol. The first-order chi connectivity index (χ1) is 6.98. The summed E-state index contributed by atoms with van der Waals surface area (Å²) in [4.78, 5) is 16.6. The summed E-state index contributed by atoms with van der Waals surface area (Å²) in [6, 6.07) is 3.93. The molecule has 4 heteroatoms. The fourth-order valence-electron chi connectivity index (χ4n) is 1.32. The molecule has 0 aromatic carbocycles. The minimum atomic E-state index is -0.611. The number of carbonyl (C=O) groups excluding carboxylic acids is 1. The molecule has 84 valence electrons. The number of H-pyrrole nitrogens is 1. The summed E-state index contributed by atoms with van der Waals surface area (Å²) < 4.78 is 4.76. The molecular formula is C11H18N2O2. The third kappa shape index (κ3) is 2.59. The normalized spacial score (nSPS) is 11.8. The Labute approximate surface area is 90.2 Å². The van der Waals surface area contributed by atoms with Gasteiger partial charge in [0.25, 0.3) is 0 Å². The van der Waals surface area contributed by atoms with E-state index in [1.54, 1.807) is 0 Å². The first-order valence-electron chi connectivity index (χ1n) is 4.90. The predicted octanol–water partition coefficient (Wildman–Crippen LogP) is 1.40. The molecule has 1 aromatic heterocycles. The molecule has 0 saturated carbocycles. The van der Waals surface area contributed by atoms with Crippen LogP contribution in [0.4, 0.5) is 0 Å². The summed E-state index contributed by atoms with van der Waals surface area (Å²) in [7, 11) is 3.31. The van der Waals surface area contributed by atoms with E-state index in [2.05, 4.69) is 4.98 Å². The van der Waals surface area contributed by atoms with Crippen molar-refractivity contribution < 1.29 is 9.53 Å². The van der Waals surface area contributed by atoms with Gasteiger partial charge in [0.15, 0.2) is 0 Å². The Bertz CT molecular complexity index is 317. The number of nitrogens with zero attached hydrogens (tertiary/aromatic N) is 1. The molecule has 0 aliphatic heterocycles. The topological polar surface area (TPSA) is 45.3 Å². The number of rotatable bonds is 4. The lowest BCUT2D eigenvalue weighted by Gasteiger charge is -2.32. The maximum Gasteiger partial charge on any atom is 0.325 e. The van der Waals surface area contributed by atoms with Gasteiger partial charge in [-0.3, -0.25) is 9.69 Å². The molecule has 0 unspecified atom stereocenters. The summed E-state index contributed by atoms with van der Waals surface area (Å²) in [6.45, 7) is 4.39. The number of hydrogen-bond donors (Lipinski definition) is 1. The summed E-state index contributed by atoms with van der Waals surface area (Å²) in [5.74, 6) is -0.225. The Kier molecular flexibility index (Phi) is 3.52. The molecule has 1 rings (SSSR count). The first-order valence-corrected chi connectivity index (χ1v) is 4.90. The van der Waals surface area contributed by atoms with E-state index in [-0.39, 0.29) is 5.97 Å². The van der Waals surface area contributed by atoms with Crippen molar-refractivity contribution in [3.63, 3.8) is 0 Å². The molecular weight excluding hydrogens is 192 g/mol. The third-order valence-corrected chi connectivity index (χ3v) is 2.71. The molecule has 0 radical (unpaired) electrons. The van der Waals surface area contributed by atoms with Gasteiger partial charge in [-0.2, -0.15) is 0 Å². The summed E-state index contributed by atoms with van der Waals surface area (Å²) in [5, 5.41) is 0. The number of methoxy groups -OCH3 is 1. The summed E-state index contributed by atoms with van der Waals surface area (Å²) >= 11 is 0. The quantitative estimate of drug-likeness (QED) is 0.764. The van der Waals surface area contributed by atoms with Crippen molar-refractivity contribution in [3.8, 4) is 0 Å². The molecule has 0 aliphatic rings. The van der Waals surface area contributed by atoms with Crippen molar-refractivity contribution in [2.24, 2.45) is 0 Å². The van der Waals surface area contributed by atoms with Crippen LogP contribution in [-0.2, 0) is 16.1 Å². The third-order valence-electron chi connectivity index (χ3n) is 2.71. The molecule has 0 aliphatic carbocycles. The van der Waals surface area contributed by atoms with Gasteiger partial charge in [-0.15, -0.1) is 0 Å². The van der Waals surface area contributed by atoms with E-state index in [0.29, 0.717) is 6.54 Å². The summed E-state index contributed by atoms with van der Waals surface area (Å²) in [6.07, 6.45) is 1.87. The Balaban J connectivity index is 2.67. The fourth-order valence-corrected chi connectivity index (χ4v) is 1.32. The first kappa shape index (κ1) is 11.8. The fraction of sp³-hybridized carbons (Fsp3) is 0.545. The van der Waals surface area contributed by atoms with E-state index in [1.807, 2.05) is 44.1 Å². The van der Waals surface area contributed by atoms with E-state index < -0.39 is 5.54 Å². The van der Waals surface area contributed by atoms with E-state index in [1.165, 1.54) is 7.11 Å². The van der Waals surface area contributed by atoms with Gasteiger partial charge >= 0.3 is 5.97 Å². The number of aromatic amines is 1. The number of esters is 1. The second-order valence-corrected chi connectivity index (χ2v) is 4.10. The van der Waals surface area contributed by atoms with Gasteiger partial charge in [0.2, 0.25) is 0 Å². The number of aromatic nitrogens is 1. The lowest BCUT2D eigenvalue weighted by molar-refractivity contribution is -0.152. The Morgan fingerprint density at radius 2 is 2.27 bits per heavy atom. The van der Waals surface area contributed by atoms with Crippen LogP contribution < -0.4 is 0 Å². The van der Waals surface area contributed by atoms with Crippen molar-refractivity contribution in [1.82, 2.24) is 9.88 Å². The highest BCUT2D eigenvalue weighted by atomic mass is 16.5. The molecule has 15 heavy (non-hydrogen) atoms. The van der Waals surface area contributed by atoms with E-state index in [0.717, 1.165) is 5.69 Å². The van der Waals surface area contributed by atoms with Gasteiger partial charge in [0.1, 0.15) is 5.54 Å². The van der Waals surface area contributed by atoms with E-state index in [4.69, 9.17) is 4.74 Å². The highest BCUT2D eigenvalue weighted by Crippen LogP contribution is 2.16. The monoisotopic (exact) mass is 210 g/mol. The lowest BCUT2D eigenvalue weighted by Crippen LogP contribution is -2.48. The van der Waals surface area contributed by atoms with Crippen molar-refractivity contribution in [2.75, 3.05) is 14.2 Å². The van der Waals surface area contributed by atoms with Gasteiger partial charge in [0, 0.05) is 18.4 Å². The SMILES string of the molecule is COC(=O)C(C)(C)N(C)Cc1ccc[nH]1. The van der Waals surface area contributed by atoms with Crippen molar-refractivity contribution in [2.45, 2.75) is 25.9 Å². The number of ether oxygens (including phenoxy) is 1. The molecule has 0 amide bonds. The van der Waals surface area contributed by atoms with Crippen LogP contribution in [0.1, 0.15) is 19.5 Å². The van der Waals surface area contributed by atoms with Crippen LogP contribution in [0.25, 0.3) is 0 Å². The van der Waals surface area contributed by atoms with Gasteiger partial charge in [-0.05, 0) is 33.0 Å². The Morgan fingerprint density at radius 3 is 2.73 bits per heavy atom. The number of carbonyl (C=O) groups is 1. The van der Waals surface area contributed by atoms with Crippen LogP contribution in [-0.4, -0.2) is 35.5 Å². The minimum Gasteiger partial charge on any atom is -0.468 e. The molecule has 0 fully saturated rings. The molecule has 4 nitrogen and oxygen atoms in total. The molecule has 1 N–H and O–H groups in total. The summed E-state index contributed by atoms with van der Waals surface area (Å²) in [5.41, 5.74) is 0.467. The number of nitrogens with one attached hydrogen (secondary N) is 1. The zero-order valence-electron chi connectivity index (χ0n) is 9.70. The van der Waals surface area contributed by atoms with Crippen LogP contribution in [0, 0.1) is 0 Å². The largest absolute Gasteiger partial charge is 0.468 e. The maximum atomic E-state index is 11.5. The maximum absolute atomic E-state index is 11.5. The Hall–Kier alpha value is -1.29. The second-order valence-electron chi connectivity index (χ2n) is 4.10. The molecule has 0 saturated heterocycles. The second kappa shape index (κ2) is 4.49. The van der Waals surface area contributed by atoms with E-state index in [9.17, 15) is 4.79 Å². The van der Waals surface area contributed by atoms with Gasteiger partial charge in [-0.1, -0.05) is 0 Å². The molecule has 0 spiro atoms. The van der Waals surface area contributed by atoms with Crippen LogP contribution in [0.3, 0.4) is 0 Å². The molecule has 0 bridgehead atoms. The number of likely N-dealkylation sites (N-methyl/N-ethyl adjacent to an activating group) is 1. The lowest BCUT2D eigenvalue weighted by atomic mass is 10.0. The highest BCUT2D eigenvalue weighted by molar-refractivity contribution is 5.79. The van der Waals surface area contributed by atoms with Gasteiger partial charge in [-0.25, -0.2) is 0 Å². The van der Waals surface area contributed by atoms with Crippen LogP contribution in [0.5, 0.6) is 0 Å². The van der Waals surface area contributed by atoms with Crippen LogP contribution in [0.2, 0.25) is 0 Å². The van der Waals surface area contributed by atoms with Gasteiger partial charge in [0.05, 0.1) is 7.11 Å². The van der Waals surface area contributed by atoms with Gasteiger partial charge < -0.3 is 9.72 Å². The van der Waals surface area contributed by atoms with Crippen molar-refractivity contribution in [3.05, 3.63) is 24.0 Å². The smallest absolute Gasteiger partial charge is 0.325 e. The Morgan fingerprint density at radius 1 is 1.60 bits per heavy atom. The minimum absolute atomic E-state index is 0.225. The highest BCUT2D eigenvalue weighted by Gasteiger charge is 2.33. The van der Waals surface area contributed by atoms with Crippen molar-refractivity contribution >= 4 is 5.97 Å². The average Bonchev–Trinajstić information content (AvgIpc) is 2.68.